The molecule has 3 heterocycles. The second kappa shape index (κ2) is 8.87. The van der Waals surface area contributed by atoms with Gasteiger partial charge in [0.15, 0.2) is 10.7 Å². The van der Waals surface area contributed by atoms with Gasteiger partial charge in [-0.05, 0) is 55.4 Å². The molecule has 5 rings (SSSR count). The lowest BCUT2D eigenvalue weighted by Gasteiger charge is -2.40. The third-order valence-electron chi connectivity index (χ3n) is 7.01. The summed E-state index contributed by atoms with van der Waals surface area (Å²) in [6, 6.07) is 12.4. The van der Waals surface area contributed by atoms with Crippen molar-refractivity contribution in [3.63, 3.8) is 0 Å². The van der Waals surface area contributed by atoms with Crippen molar-refractivity contribution < 1.29 is 4.79 Å². The van der Waals surface area contributed by atoms with Crippen molar-refractivity contribution in [2.75, 3.05) is 24.5 Å². The highest BCUT2D eigenvalue weighted by atomic mass is 32.1. The fourth-order valence-electron chi connectivity index (χ4n) is 5.32. The van der Waals surface area contributed by atoms with Gasteiger partial charge >= 0.3 is 0 Å². The van der Waals surface area contributed by atoms with Gasteiger partial charge in [0.25, 0.3) is 5.91 Å². The number of aryl methyl sites for hydroxylation is 1. The molecule has 0 bridgehead atoms. The van der Waals surface area contributed by atoms with Crippen molar-refractivity contribution in [1.29, 1.82) is 0 Å². The van der Waals surface area contributed by atoms with E-state index in [0.29, 0.717) is 29.6 Å². The van der Waals surface area contributed by atoms with Crippen LogP contribution in [0.1, 0.15) is 60.1 Å². The van der Waals surface area contributed by atoms with Crippen molar-refractivity contribution in [2.24, 2.45) is 7.05 Å². The topological polar surface area (TPSA) is 62.2 Å². The second-order valence-corrected chi connectivity index (χ2v) is 10.4. The largest absolute Gasteiger partial charge is 0.366 e. The van der Waals surface area contributed by atoms with Crippen LogP contribution in [0.5, 0.6) is 0 Å². The molecule has 1 saturated heterocycles. The van der Waals surface area contributed by atoms with Crippen molar-refractivity contribution in [1.82, 2.24) is 20.2 Å². The van der Waals surface area contributed by atoms with E-state index >= 15 is 0 Å². The van der Waals surface area contributed by atoms with Crippen LogP contribution in [-0.4, -0.2) is 47.2 Å². The number of rotatable bonds is 6. The van der Waals surface area contributed by atoms with Crippen molar-refractivity contribution >= 4 is 33.3 Å². The Morgan fingerprint density at radius 1 is 1.28 bits per heavy atom. The number of carbonyl (C=O) groups excluding carboxylic acids is 1. The summed E-state index contributed by atoms with van der Waals surface area (Å²) in [6.07, 6.45) is 4.73. The van der Waals surface area contributed by atoms with E-state index in [9.17, 15) is 4.79 Å². The maximum Gasteiger partial charge on any atom is 0.280 e. The first-order chi connectivity index (χ1) is 15.5. The van der Waals surface area contributed by atoms with Gasteiger partial charge in [-0.25, -0.2) is 4.98 Å². The number of hydrogen-bond donors (Lipinski definition) is 2. The number of carbonyl (C=O) groups is 1. The van der Waals surface area contributed by atoms with Crippen LogP contribution in [0.4, 0.5) is 5.69 Å². The molecule has 1 aromatic carbocycles. The fraction of sp³-hybridized carbons (Fsp3) is 0.520. The van der Waals surface area contributed by atoms with Crippen molar-refractivity contribution in [3.05, 3.63) is 46.6 Å². The minimum absolute atomic E-state index is 0.0815. The number of aromatic nitrogens is 2. The van der Waals surface area contributed by atoms with Gasteiger partial charge in [0.05, 0.1) is 4.70 Å². The predicted octanol–water partition coefficient (Wildman–Crippen LogP) is 4.06. The highest BCUT2D eigenvalue weighted by Gasteiger charge is 2.34. The number of amides is 1. The summed E-state index contributed by atoms with van der Waals surface area (Å²) in [7, 11) is 2.02. The molecule has 0 radical (unpaired) electrons. The van der Waals surface area contributed by atoms with E-state index in [-0.39, 0.29) is 5.91 Å². The third-order valence-corrected chi connectivity index (χ3v) is 8.00. The SMILES string of the molecule is CC(C)c1cc2sc(C(=O)NCCc3ccc(N4CCNC5CCCC54)cc3)nc2n1C. The lowest BCUT2D eigenvalue weighted by atomic mass is 10.0. The smallest absolute Gasteiger partial charge is 0.280 e. The van der Waals surface area contributed by atoms with E-state index in [4.69, 9.17) is 0 Å². The Labute approximate surface area is 194 Å². The molecule has 1 aliphatic heterocycles. The van der Waals surface area contributed by atoms with E-state index in [1.807, 2.05) is 7.05 Å². The van der Waals surface area contributed by atoms with Gasteiger partial charge in [-0.3, -0.25) is 4.79 Å². The Kier molecular flexibility index (Phi) is 5.95. The van der Waals surface area contributed by atoms with E-state index in [2.05, 4.69) is 69.3 Å². The van der Waals surface area contributed by atoms with Crippen LogP contribution in [0, 0.1) is 0 Å². The molecule has 7 heteroatoms. The first-order valence-corrected chi connectivity index (χ1v) is 12.7. The Hall–Kier alpha value is -2.38. The van der Waals surface area contributed by atoms with E-state index in [1.165, 1.54) is 47.5 Å². The van der Waals surface area contributed by atoms with Gasteiger partial charge in [0, 0.05) is 50.1 Å². The van der Waals surface area contributed by atoms with E-state index in [0.717, 1.165) is 29.9 Å². The maximum absolute atomic E-state index is 12.6. The zero-order chi connectivity index (χ0) is 22.2. The van der Waals surface area contributed by atoms with Crippen LogP contribution in [0.2, 0.25) is 0 Å². The van der Waals surface area contributed by atoms with E-state index in [1.54, 1.807) is 0 Å². The number of piperazine rings is 1. The van der Waals surface area contributed by atoms with Crippen LogP contribution >= 0.6 is 11.3 Å². The molecule has 170 valence electrons. The molecule has 2 aliphatic rings. The fourth-order valence-corrected chi connectivity index (χ4v) is 6.28. The summed E-state index contributed by atoms with van der Waals surface area (Å²) >= 11 is 1.47. The lowest BCUT2D eigenvalue weighted by molar-refractivity contribution is 0.0954. The average Bonchev–Trinajstić information content (AvgIpc) is 3.50. The molecular weight excluding hydrogens is 418 g/mol. The monoisotopic (exact) mass is 451 g/mol. The molecule has 2 N–H and O–H groups in total. The van der Waals surface area contributed by atoms with Crippen molar-refractivity contribution in [2.45, 2.75) is 57.5 Å². The summed E-state index contributed by atoms with van der Waals surface area (Å²) in [6.45, 7) is 7.11. The minimum atomic E-state index is -0.0815. The van der Waals surface area contributed by atoms with Crippen LogP contribution in [0.15, 0.2) is 30.3 Å². The molecule has 1 amide bonds. The molecule has 1 aliphatic carbocycles. The van der Waals surface area contributed by atoms with Gasteiger partial charge in [0.1, 0.15) is 0 Å². The summed E-state index contributed by atoms with van der Waals surface area (Å²) < 4.78 is 3.18. The summed E-state index contributed by atoms with van der Waals surface area (Å²) in [5.41, 5.74) is 4.72. The number of nitrogens with one attached hydrogen (secondary N) is 2. The normalized spacial score (nSPS) is 20.8. The first kappa shape index (κ1) is 21.5. The molecular formula is C25H33N5OS. The molecule has 2 fully saturated rings. The predicted molar refractivity (Wildman–Crippen MR) is 132 cm³/mol. The highest BCUT2D eigenvalue weighted by molar-refractivity contribution is 7.20. The average molecular weight is 452 g/mol. The van der Waals surface area contributed by atoms with Crippen LogP contribution in [0.25, 0.3) is 10.3 Å². The molecule has 0 spiro atoms. The van der Waals surface area contributed by atoms with Crippen LogP contribution in [0.3, 0.4) is 0 Å². The number of fused-ring (bicyclic) bond motifs is 2. The van der Waals surface area contributed by atoms with Crippen LogP contribution < -0.4 is 15.5 Å². The van der Waals surface area contributed by atoms with E-state index < -0.39 is 0 Å². The highest BCUT2D eigenvalue weighted by Crippen LogP contribution is 2.31. The molecule has 32 heavy (non-hydrogen) atoms. The quantitative estimate of drug-likeness (QED) is 0.593. The molecule has 2 aromatic heterocycles. The van der Waals surface area contributed by atoms with Gasteiger partial charge < -0.3 is 20.1 Å². The molecule has 3 aromatic rings. The second-order valence-electron chi connectivity index (χ2n) is 9.41. The number of benzene rings is 1. The standard InChI is InChI=1S/C25H33N5OS/c1-16(2)21-15-22-23(29(21)3)28-25(32-22)24(31)27-12-11-17-7-9-18(10-8-17)30-14-13-26-19-5-4-6-20(19)30/h7-10,15-16,19-20,26H,4-6,11-14H2,1-3H3,(H,27,31). The summed E-state index contributed by atoms with van der Waals surface area (Å²) in [5.74, 6) is 0.359. The maximum atomic E-state index is 12.6. The number of anilines is 1. The third kappa shape index (κ3) is 4.04. The van der Waals surface area contributed by atoms with Crippen molar-refractivity contribution in [3.8, 4) is 0 Å². The van der Waals surface area contributed by atoms with Gasteiger partial charge in [-0.2, -0.15) is 0 Å². The summed E-state index contributed by atoms with van der Waals surface area (Å²) in [4.78, 5) is 19.8. The minimum Gasteiger partial charge on any atom is -0.366 e. The Balaban J connectivity index is 1.17. The molecule has 2 atom stereocenters. The summed E-state index contributed by atoms with van der Waals surface area (Å²) in [5, 5.41) is 7.26. The lowest BCUT2D eigenvalue weighted by Crippen LogP contribution is -2.55. The Bertz CT molecular complexity index is 1100. The van der Waals surface area contributed by atoms with Crippen LogP contribution in [-0.2, 0) is 13.5 Å². The molecule has 6 nitrogen and oxygen atoms in total. The Morgan fingerprint density at radius 2 is 2.09 bits per heavy atom. The van der Waals surface area contributed by atoms with Gasteiger partial charge in [0.2, 0.25) is 0 Å². The number of thiazole rings is 1. The number of hydrogen-bond acceptors (Lipinski definition) is 5. The zero-order valence-corrected chi connectivity index (χ0v) is 20.0. The zero-order valence-electron chi connectivity index (χ0n) is 19.2. The first-order valence-electron chi connectivity index (χ1n) is 11.8. The molecule has 1 saturated carbocycles. The van der Waals surface area contributed by atoms with Gasteiger partial charge in [-0.15, -0.1) is 11.3 Å². The molecule has 2 unspecified atom stereocenters. The Morgan fingerprint density at radius 3 is 2.84 bits per heavy atom. The number of nitrogens with zero attached hydrogens (tertiary/aromatic N) is 3. The van der Waals surface area contributed by atoms with Gasteiger partial charge in [-0.1, -0.05) is 26.0 Å².